The Morgan fingerprint density at radius 3 is 2.80 bits per heavy atom. The molecule has 0 aromatic heterocycles. The van der Waals surface area contributed by atoms with Gasteiger partial charge in [0, 0.05) is 5.02 Å². The zero-order valence-electron chi connectivity index (χ0n) is 10.8. The van der Waals surface area contributed by atoms with Crippen LogP contribution >= 0.6 is 11.6 Å². The first kappa shape index (κ1) is 14.7. The molecule has 1 fully saturated rings. The molecule has 0 spiro atoms. The van der Waals surface area contributed by atoms with Crippen molar-refractivity contribution in [2.75, 3.05) is 6.61 Å². The van der Waals surface area contributed by atoms with Gasteiger partial charge in [0.1, 0.15) is 11.8 Å². The van der Waals surface area contributed by atoms with Crippen molar-refractivity contribution in [1.29, 1.82) is 0 Å². The second-order valence-corrected chi connectivity index (χ2v) is 5.21. The molecule has 1 unspecified atom stereocenters. The Bertz CT molecular complexity index is 502. The van der Waals surface area contributed by atoms with Crippen molar-refractivity contribution in [1.82, 2.24) is 5.32 Å². The molecule has 1 aromatic rings. The summed E-state index contributed by atoms with van der Waals surface area (Å²) in [6.45, 7) is 0.184. The molecule has 1 saturated carbocycles. The van der Waals surface area contributed by atoms with E-state index in [1.165, 1.54) is 0 Å². The molecular weight excluding hydrogens is 282 g/mol. The first-order valence-corrected chi connectivity index (χ1v) is 6.84. The van der Waals surface area contributed by atoms with Crippen molar-refractivity contribution in [3.63, 3.8) is 0 Å². The minimum atomic E-state index is -0.975. The van der Waals surface area contributed by atoms with Crippen LogP contribution in [0.4, 0.5) is 0 Å². The molecule has 1 atom stereocenters. The molecule has 1 aromatic carbocycles. The van der Waals surface area contributed by atoms with E-state index < -0.39 is 12.0 Å². The zero-order chi connectivity index (χ0) is 14.5. The fourth-order valence-corrected chi connectivity index (χ4v) is 2.06. The number of benzene rings is 1. The third-order valence-electron chi connectivity index (χ3n) is 3.07. The molecule has 6 heteroatoms. The number of hydrogen-bond acceptors (Lipinski definition) is 3. The highest BCUT2D eigenvalue weighted by atomic mass is 35.5. The lowest BCUT2D eigenvalue weighted by Gasteiger charge is -2.13. The molecule has 5 nitrogen and oxygen atoms in total. The fourth-order valence-electron chi connectivity index (χ4n) is 1.87. The van der Waals surface area contributed by atoms with Crippen molar-refractivity contribution in [3.8, 4) is 5.75 Å². The van der Waals surface area contributed by atoms with Gasteiger partial charge in [0.25, 0.3) is 0 Å². The number of nitrogens with one attached hydrogen (secondary N) is 1. The minimum absolute atomic E-state index is 0.0744. The monoisotopic (exact) mass is 297 g/mol. The van der Waals surface area contributed by atoms with Gasteiger partial charge in [-0.25, -0.2) is 4.79 Å². The number of carboxylic acid groups (broad SMARTS) is 1. The van der Waals surface area contributed by atoms with Gasteiger partial charge < -0.3 is 15.2 Å². The fraction of sp³-hybridized carbons (Fsp3) is 0.429. The molecule has 1 aliphatic rings. The smallest absolute Gasteiger partial charge is 0.326 e. The SMILES string of the molecule is O=C(CCOc1cccc(Cl)c1)NC(C(=O)O)C1CC1. The maximum absolute atomic E-state index is 11.7. The van der Waals surface area contributed by atoms with E-state index in [0.717, 1.165) is 12.8 Å². The number of carbonyl (C=O) groups excluding carboxylic acids is 1. The van der Waals surface area contributed by atoms with Crippen molar-refractivity contribution < 1.29 is 19.4 Å². The third kappa shape index (κ3) is 4.42. The zero-order valence-corrected chi connectivity index (χ0v) is 11.6. The Kier molecular flexibility index (Phi) is 4.84. The third-order valence-corrected chi connectivity index (χ3v) is 3.30. The highest BCUT2D eigenvalue weighted by Crippen LogP contribution is 2.32. The van der Waals surface area contributed by atoms with Crippen LogP contribution in [0.2, 0.25) is 5.02 Å². The van der Waals surface area contributed by atoms with Crippen molar-refractivity contribution in [3.05, 3.63) is 29.3 Å². The molecular formula is C14H16ClNO4. The number of amides is 1. The van der Waals surface area contributed by atoms with Crippen LogP contribution < -0.4 is 10.1 Å². The molecule has 1 amide bonds. The normalized spacial score (nSPS) is 15.4. The predicted octanol–water partition coefficient (Wildman–Crippen LogP) is 2.09. The van der Waals surface area contributed by atoms with Crippen LogP contribution in [0.1, 0.15) is 19.3 Å². The average molecular weight is 298 g/mol. The molecule has 20 heavy (non-hydrogen) atoms. The number of carboxylic acids is 1. The average Bonchev–Trinajstić information content (AvgIpc) is 3.20. The van der Waals surface area contributed by atoms with E-state index in [-0.39, 0.29) is 24.9 Å². The number of halogens is 1. The van der Waals surface area contributed by atoms with E-state index in [1.54, 1.807) is 24.3 Å². The lowest BCUT2D eigenvalue weighted by molar-refractivity contribution is -0.142. The van der Waals surface area contributed by atoms with Gasteiger partial charge in [0.2, 0.25) is 5.91 Å². The van der Waals surface area contributed by atoms with E-state index in [4.69, 9.17) is 21.4 Å². The quantitative estimate of drug-likeness (QED) is 0.808. The Hall–Kier alpha value is -1.75. The first-order valence-electron chi connectivity index (χ1n) is 6.47. The van der Waals surface area contributed by atoms with Crippen LogP contribution in [0.25, 0.3) is 0 Å². The molecule has 0 saturated heterocycles. The molecule has 2 N–H and O–H groups in total. The maximum Gasteiger partial charge on any atom is 0.326 e. The number of rotatable bonds is 7. The highest BCUT2D eigenvalue weighted by molar-refractivity contribution is 6.30. The summed E-state index contributed by atoms with van der Waals surface area (Å²) in [7, 11) is 0. The summed E-state index contributed by atoms with van der Waals surface area (Å²) in [5, 5.41) is 12.1. The summed E-state index contributed by atoms with van der Waals surface area (Å²) >= 11 is 5.81. The maximum atomic E-state index is 11.7. The van der Waals surface area contributed by atoms with Crippen LogP contribution in [0, 0.1) is 5.92 Å². The Morgan fingerprint density at radius 1 is 1.45 bits per heavy atom. The lowest BCUT2D eigenvalue weighted by atomic mass is 10.2. The van der Waals surface area contributed by atoms with Crippen LogP contribution in [-0.2, 0) is 9.59 Å². The van der Waals surface area contributed by atoms with Crippen molar-refractivity contribution in [2.24, 2.45) is 5.92 Å². The number of carbonyl (C=O) groups is 2. The molecule has 0 aliphatic heterocycles. The summed E-state index contributed by atoms with van der Waals surface area (Å²) in [5.74, 6) is -0.629. The van der Waals surface area contributed by atoms with Gasteiger partial charge in [-0.3, -0.25) is 4.79 Å². The number of aliphatic carboxylic acids is 1. The lowest BCUT2D eigenvalue weighted by Crippen LogP contribution is -2.42. The van der Waals surface area contributed by atoms with Crippen LogP contribution in [0.3, 0.4) is 0 Å². The Labute approximate surface area is 121 Å². The first-order chi connectivity index (χ1) is 9.56. The second-order valence-electron chi connectivity index (χ2n) is 4.78. The van der Waals surface area contributed by atoms with Gasteiger partial charge in [-0.2, -0.15) is 0 Å². The molecule has 1 aliphatic carbocycles. The molecule has 2 rings (SSSR count). The van der Waals surface area contributed by atoms with Gasteiger partial charge in [0.15, 0.2) is 0 Å². The van der Waals surface area contributed by atoms with Gasteiger partial charge in [-0.05, 0) is 37.0 Å². The molecule has 0 bridgehead atoms. The molecule has 0 radical (unpaired) electrons. The van der Waals surface area contributed by atoms with Gasteiger partial charge in [-0.15, -0.1) is 0 Å². The summed E-state index contributed by atoms with van der Waals surface area (Å²) < 4.78 is 5.38. The summed E-state index contributed by atoms with van der Waals surface area (Å²) in [6, 6.07) is 6.12. The summed E-state index contributed by atoms with van der Waals surface area (Å²) in [6.07, 6.45) is 1.83. The highest BCUT2D eigenvalue weighted by Gasteiger charge is 2.37. The number of ether oxygens (including phenoxy) is 1. The van der Waals surface area contributed by atoms with Crippen LogP contribution in [0.15, 0.2) is 24.3 Å². The van der Waals surface area contributed by atoms with Gasteiger partial charge >= 0.3 is 5.97 Å². The van der Waals surface area contributed by atoms with Crippen LogP contribution in [-0.4, -0.2) is 29.6 Å². The summed E-state index contributed by atoms with van der Waals surface area (Å²) in [4.78, 5) is 22.7. The standard InChI is InChI=1S/C14H16ClNO4/c15-10-2-1-3-11(8-10)20-7-6-12(17)16-13(14(18)19)9-4-5-9/h1-3,8-9,13H,4-7H2,(H,16,17)(H,18,19). The van der Waals surface area contributed by atoms with Gasteiger partial charge in [-0.1, -0.05) is 17.7 Å². The van der Waals surface area contributed by atoms with E-state index in [2.05, 4.69) is 5.32 Å². The minimum Gasteiger partial charge on any atom is -0.493 e. The Balaban J connectivity index is 1.73. The second kappa shape index (κ2) is 6.61. The largest absolute Gasteiger partial charge is 0.493 e. The van der Waals surface area contributed by atoms with Crippen molar-refractivity contribution in [2.45, 2.75) is 25.3 Å². The van der Waals surface area contributed by atoms with Gasteiger partial charge in [0.05, 0.1) is 13.0 Å². The van der Waals surface area contributed by atoms with E-state index >= 15 is 0 Å². The van der Waals surface area contributed by atoms with E-state index in [9.17, 15) is 9.59 Å². The molecule has 0 heterocycles. The number of hydrogen-bond donors (Lipinski definition) is 2. The van der Waals surface area contributed by atoms with E-state index in [1.807, 2.05) is 0 Å². The van der Waals surface area contributed by atoms with E-state index in [0.29, 0.717) is 10.8 Å². The molecule has 108 valence electrons. The van der Waals surface area contributed by atoms with Crippen LogP contribution in [0.5, 0.6) is 5.75 Å². The topological polar surface area (TPSA) is 75.6 Å². The summed E-state index contributed by atoms with van der Waals surface area (Å²) in [5.41, 5.74) is 0. The van der Waals surface area contributed by atoms with Crippen molar-refractivity contribution >= 4 is 23.5 Å². The predicted molar refractivity (Wildman–Crippen MR) is 73.9 cm³/mol. The Morgan fingerprint density at radius 2 is 2.20 bits per heavy atom.